The second-order valence-electron chi connectivity index (χ2n) is 7.03. The molecule has 3 heterocycles. The number of anilines is 1. The standard InChI is InChI=1S/C21H24FN5O/c1-27-11-10-23-20(27)19-18(15-5-4-6-16(22)13-15)14-25-21(26-19)24-9-8-17-7-2-3-12-28-17/h4-6,10-11,13-14,17H,2-3,7-9,12H2,1H3,(H,24,25,26)/t17-/m0/s1. The lowest BCUT2D eigenvalue weighted by molar-refractivity contribution is 0.0134. The summed E-state index contributed by atoms with van der Waals surface area (Å²) in [7, 11) is 1.91. The first-order valence-electron chi connectivity index (χ1n) is 9.67. The van der Waals surface area contributed by atoms with Crippen molar-refractivity contribution in [3.63, 3.8) is 0 Å². The van der Waals surface area contributed by atoms with Crippen molar-refractivity contribution in [3.8, 4) is 22.6 Å². The number of ether oxygens (including phenoxy) is 1. The molecule has 1 atom stereocenters. The average Bonchev–Trinajstić information content (AvgIpc) is 3.14. The molecule has 1 aromatic carbocycles. The highest BCUT2D eigenvalue weighted by Gasteiger charge is 2.17. The Balaban J connectivity index is 1.58. The second-order valence-corrected chi connectivity index (χ2v) is 7.03. The highest BCUT2D eigenvalue weighted by molar-refractivity contribution is 5.78. The summed E-state index contributed by atoms with van der Waals surface area (Å²) >= 11 is 0. The lowest BCUT2D eigenvalue weighted by Crippen LogP contribution is -2.22. The van der Waals surface area contributed by atoms with E-state index in [-0.39, 0.29) is 5.82 Å². The van der Waals surface area contributed by atoms with E-state index < -0.39 is 0 Å². The number of aromatic nitrogens is 4. The van der Waals surface area contributed by atoms with Gasteiger partial charge in [0, 0.05) is 44.4 Å². The van der Waals surface area contributed by atoms with Gasteiger partial charge in [-0.3, -0.25) is 0 Å². The molecular weight excluding hydrogens is 357 g/mol. The molecule has 28 heavy (non-hydrogen) atoms. The number of hydrogen-bond acceptors (Lipinski definition) is 5. The minimum atomic E-state index is -0.294. The van der Waals surface area contributed by atoms with Crippen LogP contribution in [0, 0.1) is 5.82 Å². The first kappa shape index (κ1) is 18.6. The zero-order valence-electron chi connectivity index (χ0n) is 15.9. The summed E-state index contributed by atoms with van der Waals surface area (Å²) in [6.07, 6.45) is 10.0. The van der Waals surface area contributed by atoms with E-state index in [9.17, 15) is 4.39 Å². The molecule has 6 nitrogen and oxygen atoms in total. The van der Waals surface area contributed by atoms with E-state index in [0.717, 1.165) is 43.5 Å². The molecule has 4 rings (SSSR count). The van der Waals surface area contributed by atoms with E-state index in [4.69, 9.17) is 9.72 Å². The number of nitrogens with one attached hydrogen (secondary N) is 1. The third-order valence-corrected chi connectivity index (χ3v) is 4.98. The lowest BCUT2D eigenvalue weighted by atomic mass is 10.1. The molecule has 1 aliphatic heterocycles. The van der Waals surface area contributed by atoms with Crippen LogP contribution in [0.15, 0.2) is 42.9 Å². The fourth-order valence-electron chi connectivity index (χ4n) is 3.48. The molecule has 1 fully saturated rings. The first-order chi connectivity index (χ1) is 13.7. The summed E-state index contributed by atoms with van der Waals surface area (Å²) in [5.41, 5.74) is 2.14. The van der Waals surface area contributed by atoms with Gasteiger partial charge in [-0.05, 0) is 43.4 Å². The summed E-state index contributed by atoms with van der Waals surface area (Å²) < 4.78 is 21.4. The number of rotatable bonds is 6. The van der Waals surface area contributed by atoms with Crippen LogP contribution < -0.4 is 5.32 Å². The molecule has 2 aromatic heterocycles. The zero-order valence-corrected chi connectivity index (χ0v) is 15.9. The number of nitrogens with zero attached hydrogens (tertiary/aromatic N) is 4. The molecule has 0 spiro atoms. The van der Waals surface area contributed by atoms with Crippen LogP contribution >= 0.6 is 0 Å². The van der Waals surface area contributed by atoms with E-state index in [1.165, 1.54) is 18.6 Å². The molecule has 0 bridgehead atoms. The van der Waals surface area contributed by atoms with Crippen molar-refractivity contribution in [2.24, 2.45) is 7.05 Å². The van der Waals surface area contributed by atoms with Gasteiger partial charge < -0.3 is 14.6 Å². The zero-order chi connectivity index (χ0) is 19.3. The molecule has 0 aliphatic carbocycles. The van der Waals surface area contributed by atoms with Gasteiger partial charge >= 0.3 is 0 Å². The minimum Gasteiger partial charge on any atom is -0.378 e. The molecule has 0 amide bonds. The van der Waals surface area contributed by atoms with Crippen molar-refractivity contribution in [3.05, 3.63) is 48.7 Å². The molecule has 3 aromatic rings. The van der Waals surface area contributed by atoms with Crippen molar-refractivity contribution >= 4 is 5.95 Å². The van der Waals surface area contributed by atoms with Crippen LogP contribution in [-0.4, -0.2) is 38.8 Å². The number of imidazole rings is 1. The Morgan fingerprint density at radius 1 is 1.29 bits per heavy atom. The van der Waals surface area contributed by atoms with Crippen molar-refractivity contribution in [1.29, 1.82) is 0 Å². The quantitative estimate of drug-likeness (QED) is 0.698. The van der Waals surface area contributed by atoms with Crippen molar-refractivity contribution < 1.29 is 9.13 Å². The monoisotopic (exact) mass is 381 g/mol. The second kappa shape index (κ2) is 8.48. The van der Waals surface area contributed by atoms with Gasteiger partial charge in [-0.1, -0.05) is 12.1 Å². The van der Waals surface area contributed by atoms with Crippen LogP contribution in [-0.2, 0) is 11.8 Å². The van der Waals surface area contributed by atoms with Crippen LogP contribution in [0.4, 0.5) is 10.3 Å². The van der Waals surface area contributed by atoms with Gasteiger partial charge in [0.05, 0.1) is 6.10 Å². The Kier molecular flexibility index (Phi) is 5.62. The normalized spacial score (nSPS) is 16.9. The molecule has 1 N–H and O–H groups in total. The van der Waals surface area contributed by atoms with Crippen molar-refractivity contribution in [1.82, 2.24) is 19.5 Å². The summed E-state index contributed by atoms with van der Waals surface area (Å²) in [5.74, 6) is 0.951. The Morgan fingerprint density at radius 2 is 2.21 bits per heavy atom. The van der Waals surface area contributed by atoms with Crippen LogP contribution in [0.5, 0.6) is 0 Å². The smallest absolute Gasteiger partial charge is 0.223 e. The van der Waals surface area contributed by atoms with Gasteiger partial charge in [-0.2, -0.15) is 0 Å². The first-order valence-corrected chi connectivity index (χ1v) is 9.67. The van der Waals surface area contributed by atoms with Gasteiger partial charge in [-0.25, -0.2) is 19.3 Å². The highest BCUT2D eigenvalue weighted by atomic mass is 19.1. The summed E-state index contributed by atoms with van der Waals surface area (Å²) in [4.78, 5) is 13.6. The molecule has 1 saturated heterocycles. The van der Waals surface area contributed by atoms with Gasteiger partial charge in [0.25, 0.3) is 0 Å². The maximum atomic E-state index is 13.7. The maximum Gasteiger partial charge on any atom is 0.223 e. The van der Waals surface area contributed by atoms with Crippen LogP contribution in [0.3, 0.4) is 0 Å². The fourth-order valence-corrected chi connectivity index (χ4v) is 3.48. The van der Waals surface area contributed by atoms with E-state index in [2.05, 4.69) is 15.3 Å². The third kappa shape index (κ3) is 4.20. The van der Waals surface area contributed by atoms with Crippen LogP contribution in [0.25, 0.3) is 22.6 Å². The Morgan fingerprint density at radius 3 is 2.96 bits per heavy atom. The predicted molar refractivity (Wildman–Crippen MR) is 106 cm³/mol. The van der Waals surface area contributed by atoms with Crippen molar-refractivity contribution in [2.45, 2.75) is 31.8 Å². The Hall–Kier alpha value is -2.80. The largest absolute Gasteiger partial charge is 0.378 e. The van der Waals surface area contributed by atoms with Gasteiger partial charge in [0.2, 0.25) is 5.95 Å². The Labute approximate surface area is 163 Å². The molecule has 0 radical (unpaired) electrons. The number of benzene rings is 1. The molecular formula is C21H24FN5O. The molecule has 0 unspecified atom stereocenters. The SMILES string of the molecule is Cn1ccnc1-c1nc(NCC[C@@H]2CCCCO2)ncc1-c1cccc(F)c1. The lowest BCUT2D eigenvalue weighted by Gasteiger charge is -2.22. The van der Waals surface area contributed by atoms with Gasteiger partial charge in [0.1, 0.15) is 11.5 Å². The summed E-state index contributed by atoms with van der Waals surface area (Å²) in [6.45, 7) is 1.59. The van der Waals surface area contributed by atoms with E-state index in [1.807, 2.05) is 23.9 Å². The van der Waals surface area contributed by atoms with Crippen LogP contribution in [0.2, 0.25) is 0 Å². The maximum absolute atomic E-state index is 13.7. The van der Waals surface area contributed by atoms with Crippen molar-refractivity contribution in [2.75, 3.05) is 18.5 Å². The molecule has 1 aliphatic rings. The van der Waals surface area contributed by atoms with Gasteiger partial charge in [-0.15, -0.1) is 0 Å². The molecule has 7 heteroatoms. The predicted octanol–water partition coefficient (Wildman–Crippen LogP) is 4.05. The number of hydrogen-bond donors (Lipinski definition) is 1. The average molecular weight is 381 g/mol. The number of aryl methyl sites for hydroxylation is 1. The topological polar surface area (TPSA) is 64.9 Å². The summed E-state index contributed by atoms with van der Waals surface area (Å²) in [5, 5.41) is 3.29. The highest BCUT2D eigenvalue weighted by Crippen LogP contribution is 2.30. The van der Waals surface area contributed by atoms with E-state index in [0.29, 0.717) is 23.6 Å². The van der Waals surface area contributed by atoms with Crippen LogP contribution in [0.1, 0.15) is 25.7 Å². The molecule has 0 saturated carbocycles. The fraction of sp³-hybridized carbons (Fsp3) is 0.381. The van der Waals surface area contributed by atoms with E-state index in [1.54, 1.807) is 18.5 Å². The Bertz CT molecular complexity index is 936. The molecule has 146 valence electrons. The summed E-state index contributed by atoms with van der Waals surface area (Å²) in [6, 6.07) is 6.44. The van der Waals surface area contributed by atoms with E-state index >= 15 is 0 Å². The minimum absolute atomic E-state index is 0.294. The number of halogens is 1. The van der Waals surface area contributed by atoms with Gasteiger partial charge in [0.15, 0.2) is 5.82 Å². The third-order valence-electron chi connectivity index (χ3n) is 4.98.